The predicted octanol–water partition coefficient (Wildman–Crippen LogP) is 0.895. The molecule has 2 aromatic rings. The number of H-pyrrole nitrogens is 1. The minimum Gasteiger partial charge on any atom is -0.364 e. The van der Waals surface area contributed by atoms with Gasteiger partial charge in [0.1, 0.15) is 5.82 Å². The van der Waals surface area contributed by atoms with Crippen molar-refractivity contribution >= 4 is 0 Å². The smallest absolute Gasteiger partial charge is 0.138 e. The summed E-state index contributed by atoms with van der Waals surface area (Å²) in [5.74, 6) is 0.823. The Bertz CT molecular complexity index is 368. The van der Waals surface area contributed by atoms with Crippen molar-refractivity contribution in [2.45, 2.75) is 5.92 Å². The van der Waals surface area contributed by atoms with Crippen molar-refractivity contribution < 1.29 is 0 Å². The topological polar surface area (TPSA) is 67.6 Å². The highest BCUT2D eigenvalue weighted by atomic mass is 14.9. The highest BCUT2D eigenvalue weighted by Crippen LogP contribution is 2.17. The Morgan fingerprint density at radius 2 is 2.07 bits per heavy atom. The third-order valence-electron chi connectivity index (χ3n) is 2.13. The van der Waals surface area contributed by atoms with Crippen LogP contribution in [0.1, 0.15) is 17.4 Å². The summed E-state index contributed by atoms with van der Waals surface area (Å²) < 4.78 is 0. The third kappa shape index (κ3) is 1.65. The van der Waals surface area contributed by atoms with Crippen LogP contribution in [0, 0.1) is 0 Å². The van der Waals surface area contributed by atoms with Crippen LogP contribution in [0.15, 0.2) is 36.8 Å². The van der Waals surface area contributed by atoms with E-state index in [4.69, 9.17) is 5.73 Å². The Morgan fingerprint density at radius 1 is 1.29 bits per heavy atom. The Labute approximate surface area is 82.2 Å². The summed E-state index contributed by atoms with van der Waals surface area (Å²) in [6, 6.07) is 5.74. The highest BCUT2D eigenvalue weighted by molar-refractivity contribution is 5.18. The van der Waals surface area contributed by atoms with E-state index in [2.05, 4.69) is 15.0 Å². The standard InChI is InChI=1S/C10H12N4/c11-7-8(9-3-1-4-12-9)10-13-5-2-6-14-10/h1-6,8,12H,7,11H2. The molecule has 0 saturated heterocycles. The van der Waals surface area contributed by atoms with Gasteiger partial charge in [0.15, 0.2) is 0 Å². The summed E-state index contributed by atoms with van der Waals surface area (Å²) in [5, 5.41) is 0. The van der Waals surface area contributed by atoms with Crippen molar-refractivity contribution in [1.82, 2.24) is 15.0 Å². The van der Waals surface area contributed by atoms with Gasteiger partial charge in [-0.15, -0.1) is 0 Å². The van der Waals surface area contributed by atoms with Crippen molar-refractivity contribution in [1.29, 1.82) is 0 Å². The van der Waals surface area contributed by atoms with Crippen LogP contribution in [0.3, 0.4) is 0 Å². The average Bonchev–Trinajstić information content (AvgIpc) is 2.74. The maximum Gasteiger partial charge on any atom is 0.138 e. The number of aromatic nitrogens is 3. The van der Waals surface area contributed by atoms with Crippen LogP contribution in [0.5, 0.6) is 0 Å². The van der Waals surface area contributed by atoms with Crippen LogP contribution in [-0.4, -0.2) is 21.5 Å². The van der Waals surface area contributed by atoms with E-state index in [0.717, 1.165) is 11.5 Å². The first-order valence-corrected chi connectivity index (χ1v) is 4.52. The van der Waals surface area contributed by atoms with Gasteiger partial charge in [0, 0.05) is 30.8 Å². The first-order valence-electron chi connectivity index (χ1n) is 4.52. The summed E-state index contributed by atoms with van der Waals surface area (Å²) >= 11 is 0. The zero-order valence-corrected chi connectivity index (χ0v) is 7.72. The zero-order chi connectivity index (χ0) is 9.80. The van der Waals surface area contributed by atoms with Gasteiger partial charge in [-0.3, -0.25) is 0 Å². The van der Waals surface area contributed by atoms with Gasteiger partial charge < -0.3 is 10.7 Å². The molecule has 2 rings (SSSR count). The van der Waals surface area contributed by atoms with Crippen molar-refractivity contribution in [3.05, 3.63) is 48.3 Å². The van der Waals surface area contributed by atoms with E-state index in [9.17, 15) is 0 Å². The van der Waals surface area contributed by atoms with Crippen molar-refractivity contribution in [3.63, 3.8) is 0 Å². The molecule has 0 aliphatic carbocycles. The van der Waals surface area contributed by atoms with E-state index in [1.54, 1.807) is 18.5 Å². The van der Waals surface area contributed by atoms with Crippen molar-refractivity contribution in [3.8, 4) is 0 Å². The molecule has 14 heavy (non-hydrogen) atoms. The second-order valence-electron chi connectivity index (χ2n) is 3.02. The molecule has 2 aromatic heterocycles. The average molecular weight is 188 g/mol. The largest absolute Gasteiger partial charge is 0.364 e. The zero-order valence-electron chi connectivity index (χ0n) is 7.72. The quantitative estimate of drug-likeness (QED) is 0.751. The molecule has 4 nitrogen and oxygen atoms in total. The molecule has 3 N–H and O–H groups in total. The molecule has 1 atom stereocenters. The molecule has 0 radical (unpaired) electrons. The molecule has 72 valence electrons. The van der Waals surface area contributed by atoms with Crippen LogP contribution < -0.4 is 5.73 Å². The summed E-state index contributed by atoms with van der Waals surface area (Å²) in [4.78, 5) is 11.5. The maximum absolute atomic E-state index is 5.70. The number of rotatable bonds is 3. The molecule has 0 amide bonds. The summed E-state index contributed by atoms with van der Waals surface area (Å²) in [6.07, 6.45) is 5.34. The van der Waals surface area contributed by atoms with Gasteiger partial charge in [-0.2, -0.15) is 0 Å². The lowest BCUT2D eigenvalue weighted by molar-refractivity contribution is 0.731. The second-order valence-corrected chi connectivity index (χ2v) is 3.02. The molecule has 0 aliphatic rings. The van der Waals surface area contributed by atoms with E-state index in [1.807, 2.05) is 18.3 Å². The molecule has 0 spiro atoms. The normalized spacial score (nSPS) is 12.6. The van der Waals surface area contributed by atoms with Crippen LogP contribution >= 0.6 is 0 Å². The van der Waals surface area contributed by atoms with Crippen LogP contribution in [-0.2, 0) is 0 Å². The summed E-state index contributed by atoms with van der Waals surface area (Å²) in [5.41, 5.74) is 6.75. The molecule has 0 aliphatic heterocycles. The number of nitrogens with zero attached hydrogens (tertiary/aromatic N) is 2. The third-order valence-corrected chi connectivity index (χ3v) is 2.13. The Hall–Kier alpha value is -1.68. The van der Waals surface area contributed by atoms with E-state index in [-0.39, 0.29) is 5.92 Å². The summed E-state index contributed by atoms with van der Waals surface area (Å²) in [7, 11) is 0. The van der Waals surface area contributed by atoms with Gasteiger partial charge in [0.2, 0.25) is 0 Å². The van der Waals surface area contributed by atoms with Gasteiger partial charge in [0.05, 0.1) is 5.92 Å². The number of hydrogen-bond acceptors (Lipinski definition) is 3. The number of nitrogens with two attached hydrogens (primary N) is 1. The molecule has 1 unspecified atom stereocenters. The number of nitrogens with one attached hydrogen (secondary N) is 1. The lowest BCUT2D eigenvalue weighted by atomic mass is 10.1. The molecule has 2 heterocycles. The molecule has 0 aromatic carbocycles. The van der Waals surface area contributed by atoms with Crippen LogP contribution in [0.2, 0.25) is 0 Å². The highest BCUT2D eigenvalue weighted by Gasteiger charge is 2.14. The Balaban J connectivity index is 2.31. The molecule has 4 heteroatoms. The minimum absolute atomic E-state index is 0.0613. The Morgan fingerprint density at radius 3 is 2.64 bits per heavy atom. The minimum atomic E-state index is 0.0613. The second kappa shape index (κ2) is 4.02. The fourth-order valence-electron chi connectivity index (χ4n) is 1.42. The molecule has 0 fully saturated rings. The predicted molar refractivity (Wildman–Crippen MR) is 53.7 cm³/mol. The van der Waals surface area contributed by atoms with Gasteiger partial charge in [-0.25, -0.2) is 9.97 Å². The van der Waals surface area contributed by atoms with Crippen molar-refractivity contribution in [2.75, 3.05) is 6.54 Å². The van der Waals surface area contributed by atoms with Gasteiger partial charge in [0.25, 0.3) is 0 Å². The molecular formula is C10H12N4. The van der Waals surface area contributed by atoms with Crippen LogP contribution in [0.4, 0.5) is 0 Å². The molecular weight excluding hydrogens is 176 g/mol. The summed E-state index contributed by atoms with van der Waals surface area (Å²) in [6.45, 7) is 0.504. The van der Waals surface area contributed by atoms with E-state index in [1.165, 1.54) is 0 Å². The van der Waals surface area contributed by atoms with Gasteiger partial charge in [-0.1, -0.05) is 0 Å². The van der Waals surface area contributed by atoms with Crippen LogP contribution in [0.25, 0.3) is 0 Å². The Kier molecular flexibility index (Phi) is 2.55. The SMILES string of the molecule is NCC(c1ncccn1)c1ccc[nH]1. The monoisotopic (exact) mass is 188 g/mol. The fraction of sp³-hybridized carbons (Fsp3) is 0.200. The molecule has 0 bridgehead atoms. The van der Waals surface area contributed by atoms with Gasteiger partial charge in [-0.05, 0) is 18.2 Å². The lowest BCUT2D eigenvalue weighted by Crippen LogP contribution is -2.16. The number of aromatic amines is 1. The lowest BCUT2D eigenvalue weighted by Gasteiger charge is -2.10. The first-order chi connectivity index (χ1) is 6.92. The van der Waals surface area contributed by atoms with E-state index >= 15 is 0 Å². The van der Waals surface area contributed by atoms with Crippen molar-refractivity contribution in [2.24, 2.45) is 5.73 Å². The van der Waals surface area contributed by atoms with E-state index in [0.29, 0.717) is 6.54 Å². The maximum atomic E-state index is 5.70. The first kappa shape index (κ1) is 8.90. The molecule has 0 saturated carbocycles. The van der Waals surface area contributed by atoms with E-state index < -0.39 is 0 Å². The fourth-order valence-corrected chi connectivity index (χ4v) is 1.42. The number of hydrogen-bond donors (Lipinski definition) is 2. The van der Waals surface area contributed by atoms with Gasteiger partial charge >= 0.3 is 0 Å².